The minimum absolute atomic E-state index is 0.0556. The summed E-state index contributed by atoms with van der Waals surface area (Å²) in [7, 11) is 1.54. The highest BCUT2D eigenvalue weighted by Crippen LogP contribution is 2.25. The topological polar surface area (TPSA) is 137 Å². The maximum atomic E-state index is 13.1. The molecule has 1 amide bonds. The van der Waals surface area contributed by atoms with E-state index in [9.17, 15) is 14.4 Å². The van der Waals surface area contributed by atoms with E-state index in [4.69, 9.17) is 21.1 Å². The smallest absolute Gasteiger partial charge is 0.335 e. The van der Waals surface area contributed by atoms with Crippen LogP contribution in [-0.4, -0.2) is 49.2 Å². The lowest BCUT2D eigenvalue weighted by Gasteiger charge is -2.34. The van der Waals surface area contributed by atoms with Gasteiger partial charge in [0.2, 0.25) is 0 Å². The molecule has 1 saturated heterocycles. The lowest BCUT2D eigenvalue weighted by Crippen LogP contribution is -2.58. The highest BCUT2D eigenvalue weighted by molar-refractivity contribution is 6.08. The molecule has 2 unspecified atom stereocenters. The number of esters is 1. The fourth-order valence-electron chi connectivity index (χ4n) is 3.67. The number of ketones is 1. The molecule has 2 atom stereocenters. The molecule has 0 aliphatic carbocycles. The van der Waals surface area contributed by atoms with E-state index in [1.807, 2.05) is 0 Å². The van der Waals surface area contributed by atoms with Crippen LogP contribution in [0.4, 0.5) is 5.69 Å². The fraction of sp³-hybridized carbons (Fsp3) is 0.333. The molecule has 0 spiro atoms. The maximum Gasteiger partial charge on any atom is 0.335 e. The van der Waals surface area contributed by atoms with Crippen LogP contribution in [0.1, 0.15) is 30.9 Å². The largest absolute Gasteiger partial charge is 0.497 e. The highest BCUT2D eigenvalue weighted by Gasteiger charge is 2.44. The van der Waals surface area contributed by atoms with E-state index in [1.165, 1.54) is 13.1 Å². The molecule has 1 fully saturated rings. The monoisotopic (exact) mass is 452 g/mol. The number of carbonyl (C=O) groups is 3. The van der Waals surface area contributed by atoms with Crippen LogP contribution in [0.2, 0.25) is 0 Å². The number of nitrogens with zero attached hydrogens (tertiary/aromatic N) is 2. The number of benzene rings is 2. The van der Waals surface area contributed by atoms with Crippen LogP contribution in [0.15, 0.2) is 53.6 Å². The Morgan fingerprint density at radius 3 is 2.42 bits per heavy atom. The van der Waals surface area contributed by atoms with Crippen LogP contribution in [0.5, 0.6) is 5.75 Å². The second-order valence-electron chi connectivity index (χ2n) is 7.95. The Hall–Kier alpha value is -3.72. The highest BCUT2D eigenvalue weighted by atomic mass is 16.6. The van der Waals surface area contributed by atoms with Gasteiger partial charge in [0.05, 0.1) is 13.3 Å². The average Bonchev–Trinajstić information content (AvgIpc) is 2.81. The van der Waals surface area contributed by atoms with E-state index in [-0.39, 0.29) is 12.3 Å². The summed E-state index contributed by atoms with van der Waals surface area (Å²) in [6.07, 6.45) is 1.41. The van der Waals surface area contributed by atoms with E-state index in [0.717, 1.165) is 5.56 Å². The third-order valence-corrected chi connectivity index (χ3v) is 5.70. The van der Waals surface area contributed by atoms with Gasteiger partial charge in [-0.3, -0.25) is 9.59 Å². The zero-order valence-electron chi connectivity index (χ0n) is 18.7. The Labute approximate surface area is 192 Å². The number of hydrazone groups is 1. The van der Waals surface area contributed by atoms with Crippen LogP contribution in [-0.2, 0) is 25.5 Å². The molecule has 1 aliphatic rings. The van der Waals surface area contributed by atoms with Crippen LogP contribution in [0, 0.1) is 0 Å². The molecule has 1 heterocycles. The predicted octanol–water partition coefficient (Wildman–Crippen LogP) is 1.56. The van der Waals surface area contributed by atoms with Crippen molar-refractivity contribution in [3.63, 3.8) is 0 Å². The second-order valence-corrected chi connectivity index (χ2v) is 7.95. The van der Waals surface area contributed by atoms with Crippen molar-refractivity contribution in [3.05, 3.63) is 59.7 Å². The molecule has 0 saturated carbocycles. The van der Waals surface area contributed by atoms with Crippen molar-refractivity contribution in [3.8, 4) is 5.75 Å². The third kappa shape index (κ3) is 5.38. The van der Waals surface area contributed by atoms with E-state index in [0.29, 0.717) is 36.4 Å². The summed E-state index contributed by atoms with van der Waals surface area (Å²) >= 11 is 0. The Balaban J connectivity index is 1.74. The number of Topliss-reactive ketones (excluding diaryl/α,β-unsaturated/α-hetero) is 1. The number of carbonyl (C=O) groups excluding carboxylic acids is 3. The minimum Gasteiger partial charge on any atom is -0.497 e. The molecule has 33 heavy (non-hydrogen) atoms. The molecule has 2 aromatic carbocycles. The molecule has 3 rings (SSSR count). The van der Waals surface area contributed by atoms with Gasteiger partial charge in [-0.1, -0.05) is 24.3 Å². The zero-order chi connectivity index (χ0) is 24.0. The molecular weight excluding hydrogens is 424 g/mol. The summed E-state index contributed by atoms with van der Waals surface area (Å²) in [5, 5.41) is 3.47. The van der Waals surface area contributed by atoms with Gasteiger partial charge in [0.1, 0.15) is 5.75 Å². The standard InChI is InChI=1S/C24H28N4O5/c1-16(29)24(25,14-17-7-11-20(32-2)12-8-17)23(31)33-21-4-3-13-28(22(21)30)19-9-5-18(6-10-19)15-27-26/h5-12,15,21H,3-4,13-14,25-26H2,1-2H3. The summed E-state index contributed by atoms with van der Waals surface area (Å²) < 4.78 is 10.7. The normalized spacial score (nSPS) is 18.1. The second kappa shape index (κ2) is 10.3. The summed E-state index contributed by atoms with van der Waals surface area (Å²) in [6, 6.07) is 14.0. The number of ether oxygens (including phenoxy) is 2. The summed E-state index contributed by atoms with van der Waals surface area (Å²) in [5.74, 6) is 3.99. The van der Waals surface area contributed by atoms with Gasteiger partial charge in [0.15, 0.2) is 17.4 Å². The predicted molar refractivity (Wildman–Crippen MR) is 124 cm³/mol. The van der Waals surface area contributed by atoms with Crippen molar-refractivity contribution in [1.82, 2.24) is 0 Å². The van der Waals surface area contributed by atoms with E-state index in [1.54, 1.807) is 60.5 Å². The molecular formula is C24H28N4O5. The van der Waals surface area contributed by atoms with Gasteiger partial charge < -0.3 is 25.9 Å². The Kier molecular flexibility index (Phi) is 7.44. The minimum atomic E-state index is -1.90. The van der Waals surface area contributed by atoms with E-state index >= 15 is 0 Å². The summed E-state index contributed by atoms with van der Waals surface area (Å²) in [5.41, 5.74) is 6.46. The Morgan fingerprint density at radius 2 is 1.85 bits per heavy atom. The number of nitrogens with two attached hydrogens (primary N) is 2. The van der Waals surface area contributed by atoms with Crippen molar-refractivity contribution in [1.29, 1.82) is 0 Å². The van der Waals surface area contributed by atoms with Crippen LogP contribution in [0.3, 0.4) is 0 Å². The van der Waals surface area contributed by atoms with Crippen LogP contribution in [0.25, 0.3) is 0 Å². The molecule has 0 aromatic heterocycles. The first-order chi connectivity index (χ1) is 15.8. The number of piperidine rings is 1. The molecule has 1 aliphatic heterocycles. The molecule has 9 nitrogen and oxygen atoms in total. The van der Waals surface area contributed by atoms with Gasteiger partial charge in [-0.05, 0) is 55.2 Å². The lowest BCUT2D eigenvalue weighted by molar-refractivity contribution is -0.163. The Bertz CT molecular complexity index is 1040. The molecule has 0 bridgehead atoms. The quantitative estimate of drug-likeness (QED) is 0.204. The molecule has 9 heteroatoms. The van der Waals surface area contributed by atoms with Gasteiger partial charge >= 0.3 is 5.97 Å². The molecule has 4 N–H and O–H groups in total. The van der Waals surface area contributed by atoms with Crippen molar-refractivity contribution >= 4 is 29.6 Å². The lowest BCUT2D eigenvalue weighted by atomic mass is 9.88. The number of rotatable bonds is 8. The first-order valence-electron chi connectivity index (χ1n) is 10.6. The van der Waals surface area contributed by atoms with Crippen LogP contribution >= 0.6 is 0 Å². The summed E-state index contributed by atoms with van der Waals surface area (Å²) in [6.45, 7) is 1.73. The van der Waals surface area contributed by atoms with Gasteiger partial charge in [-0.2, -0.15) is 5.10 Å². The maximum absolute atomic E-state index is 13.1. The number of anilines is 1. The summed E-state index contributed by atoms with van der Waals surface area (Å²) in [4.78, 5) is 40.0. The molecule has 0 radical (unpaired) electrons. The van der Waals surface area contributed by atoms with E-state index < -0.39 is 23.4 Å². The SMILES string of the molecule is COc1ccc(CC(N)(C(C)=O)C(=O)OC2CCCN(c3ccc(C=NN)cc3)C2=O)cc1. The molecule has 174 valence electrons. The first kappa shape index (κ1) is 23.9. The average molecular weight is 453 g/mol. The number of amides is 1. The van der Waals surface area contributed by atoms with Gasteiger partial charge in [-0.15, -0.1) is 0 Å². The number of hydrogen-bond acceptors (Lipinski definition) is 8. The third-order valence-electron chi connectivity index (χ3n) is 5.70. The van der Waals surface area contributed by atoms with Crippen molar-refractivity contribution < 1.29 is 23.9 Å². The van der Waals surface area contributed by atoms with E-state index in [2.05, 4.69) is 5.10 Å². The van der Waals surface area contributed by atoms with Crippen molar-refractivity contribution in [2.45, 2.75) is 37.8 Å². The van der Waals surface area contributed by atoms with Gasteiger partial charge in [-0.25, -0.2) is 4.79 Å². The molecule has 2 aromatic rings. The number of methoxy groups -OCH3 is 1. The van der Waals surface area contributed by atoms with Crippen molar-refractivity contribution in [2.24, 2.45) is 16.7 Å². The Morgan fingerprint density at radius 1 is 1.18 bits per heavy atom. The van der Waals surface area contributed by atoms with Crippen LogP contribution < -0.4 is 21.2 Å². The fourth-order valence-corrected chi connectivity index (χ4v) is 3.67. The zero-order valence-corrected chi connectivity index (χ0v) is 18.7. The first-order valence-corrected chi connectivity index (χ1v) is 10.6. The van der Waals surface area contributed by atoms with Gasteiger partial charge in [0, 0.05) is 18.7 Å². The van der Waals surface area contributed by atoms with Gasteiger partial charge in [0.25, 0.3) is 5.91 Å². The number of hydrogen-bond donors (Lipinski definition) is 2. The van der Waals surface area contributed by atoms with Crippen molar-refractivity contribution in [2.75, 3.05) is 18.6 Å².